The second-order valence-corrected chi connectivity index (χ2v) is 9.36. The monoisotopic (exact) mass is 464 g/mol. The summed E-state index contributed by atoms with van der Waals surface area (Å²) in [5.74, 6) is 0.784. The molecule has 7 heteroatoms. The molecule has 1 aliphatic carbocycles. The van der Waals surface area contributed by atoms with Gasteiger partial charge in [-0.1, -0.05) is 37.1 Å². The molecular weight excluding hydrogens is 424 g/mol. The molecule has 1 saturated carbocycles. The number of piperazine rings is 1. The van der Waals surface area contributed by atoms with Gasteiger partial charge >= 0.3 is 0 Å². The van der Waals surface area contributed by atoms with Crippen LogP contribution in [-0.4, -0.2) is 70.5 Å². The average molecular weight is 465 g/mol. The van der Waals surface area contributed by atoms with Crippen molar-refractivity contribution >= 4 is 16.9 Å². The lowest BCUT2D eigenvalue weighted by molar-refractivity contribution is 0.0815. The molecular formula is C27H40N6O. The topological polar surface area (TPSA) is 66.3 Å². The van der Waals surface area contributed by atoms with Crippen molar-refractivity contribution in [1.29, 1.82) is 0 Å². The Morgan fingerprint density at radius 2 is 1.88 bits per heavy atom. The van der Waals surface area contributed by atoms with E-state index in [1.165, 1.54) is 18.5 Å². The smallest absolute Gasteiger partial charge is 0.270 e. The van der Waals surface area contributed by atoms with Crippen molar-refractivity contribution in [3.05, 3.63) is 59.9 Å². The molecule has 184 valence electrons. The lowest BCUT2D eigenvalue weighted by Gasteiger charge is -2.30. The second-order valence-electron chi connectivity index (χ2n) is 9.36. The standard InChI is InChI=1S/C15H20N4O.C12H20N2/c1-10-16-9-11-8-13(15(20)18(2)3)19(14(11)17-10)12-6-4-5-7-12;1-4-12(6-5-11(2)3)14-9-7-13-8-10-14/h8-9,12H,4-7H2,1-3H3;4-6,13H,2,7-10H2,1,3H3/b;6-5-,12-4+. The maximum absolute atomic E-state index is 12.4. The highest BCUT2D eigenvalue weighted by Gasteiger charge is 2.26. The van der Waals surface area contributed by atoms with Crippen molar-refractivity contribution in [1.82, 2.24) is 29.7 Å². The summed E-state index contributed by atoms with van der Waals surface area (Å²) in [4.78, 5) is 25.3. The molecule has 1 N–H and O–H groups in total. The number of carbonyl (C=O) groups is 1. The van der Waals surface area contributed by atoms with Gasteiger partial charge in [0.2, 0.25) is 0 Å². The minimum absolute atomic E-state index is 0.0348. The van der Waals surface area contributed by atoms with E-state index in [0.29, 0.717) is 6.04 Å². The fourth-order valence-electron chi connectivity index (χ4n) is 4.55. The van der Waals surface area contributed by atoms with Gasteiger partial charge in [-0.2, -0.15) is 0 Å². The third-order valence-corrected chi connectivity index (χ3v) is 6.33. The Hall–Kier alpha value is -2.93. The second kappa shape index (κ2) is 12.0. The van der Waals surface area contributed by atoms with Crippen molar-refractivity contribution in [2.24, 2.45) is 0 Å². The summed E-state index contributed by atoms with van der Waals surface area (Å²) >= 11 is 0. The molecule has 2 aromatic rings. The van der Waals surface area contributed by atoms with E-state index in [-0.39, 0.29) is 5.91 Å². The molecule has 1 amide bonds. The molecule has 1 saturated heterocycles. The predicted molar refractivity (Wildman–Crippen MR) is 140 cm³/mol. The first-order valence-electron chi connectivity index (χ1n) is 12.3. The zero-order chi connectivity index (χ0) is 24.7. The number of carbonyl (C=O) groups excluding carboxylic acids is 1. The van der Waals surface area contributed by atoms with Gasteiger partial charge < -0.3 is 19.7 Å². The lowest BCUT2D eigenvalue weighted by Crippen LogP contribution is -2.42. The zero-order valence-corrected chi connectivity index (χ0v) is 21.5. The van der Waals surface area contributed by atoms with Crippen molar-refractivity contribution in [2.75, 3.05) is 40.3 Å². The quantitative estimate of drug-likeness (QED) is 0.661. The van der Waals surface area contributed by atoms with Crippen LogP contribution < -0.4 is 5.32 Å². The minimum atomic E-state index is 0.0348. The van der Waals surface area contributed by atoms with Gasteiger partial charge in [-0.3, -0.25) is 4.79 Å². The van der Waals surface area contributed by atoms with Crippen molar-refractivity contribution < 1.29 is 4.79 Å². The molecule has 7 nitrogen and oxygen atoms in total. The van der Waals surface area contributed by atoms with Gasteiger partial charge in [0.25, 0.3) is 5.91 Å². The van der Waals surface area contributed by atoms with Crippen LogP contribution in [0.5, 0.6) is 0 Å². The van der Waals surface area contributed by atoms with E-state index in [1.807, 2.05) is 26.1 Å². The summed E-state index contributed by atoms with van der Waals surface area (Å²) in [7, 11) is 3.58. The van der Waals surface area contributed by atoms with Gasteiger partial charge in [0.05, 0.1) is 0 Å². The molecule has 34 heavy (non-hydrogen) atoms. The SMILES string of the molecule is C=C(C)/C=C\C(=C/C)N1CCNCC1.Cc1ncc2cc(C(=O)N(C)C)n(C3CCCC3)c2n1. The number of amides is 1. The van der Waals surface area contributed by atoms with E-state index >= 15 is 0 Å². The van der Waals surface area contributed by atoms with Crippen LogP contribution in [0.1, 0.15) is 61.9 Å². The number of hydrogen-bond donors (Lipinski definition) is 1. The molecule has 2 fully saturated rings. The summed E-state index contributed by atoms with van der Waals surface area (Å²) in [5, 5.41) is 4.30. The zero-order valence-electron chi connectivity index (χ0n) is 21.5. The number of aryl methyl sites for hydroxylation is 1. The summed E-state index contributed by atoms with van der Waals surface area (Å²) < 4.78 is 2.14. The Morgan fingerprint density at radius 3 is 2.47 bits per heavy atom. The number of hydrogen-bond acceptors (Lipinski definition) is 5. The van der Waals surface area contributed by atoms with Gasteiger partial charge in [0.1, 0.15) is 17.2 Å². The van der Waals surface area contributed by atoms with Crippen LogP contribution in [0.2, 0.25) is 0 Å². The van der Waals surface area contributed by atoms with Crippen LogP contribution >= 0.6 is 0 Å². The van der Waals surface area contributed by atoms with Crippen LogP contribution in [0.15, 0.2) is 48.3 Å². The molecule has 2 aromatic heterocycles. The first-order valence-corrected chi connectivity index (χ1v) is 12.3. The molecule has 1 aliphatic heterocycles. The van der Waals surface area contributed by atoms with Gasteiger partial charge in [0, 0.05) is 63.6 Å². The fraction of sp³-hybridized carbons (Fsp3) is 0.519. The third kappa shape index (κ3) is 6.35. The highest BCUT2D eigenvalue weighted by atomic mass is 16.2. The molecule has 0 atom stereocenters. The van der Waals surface area contributed by atoms with E-state index in [4.69, 9.17) is 0 Å². The molecule has 0 aromatic carbocycles. The molecule has 0 spiro atoms. The van der Waals surface area contributed by atoms with Crippen LogP contribution in [0.3, 0.4) is 0 Å². The van der Waals surface area contributed by atoms with Crippen LogP contribution in [0, 0.1) is 6.92 Å². The van der Waals surface area contributed by atoms with Crippen molar-refractivity contribution in [3.63, 3.8) is 0 Å². The average Bonchev–Trinajstić information content (AvgIpc) is 3.47. The number of nitrogens with one attached hydrogen (secondary N) is 1. The summed E-state index contributed by atoms with van der Waals surface area (Å²) in [6.45, 7) is 14.2. The molecule has 4 rings (SSSR count). The first-order chi connectivity index (χ1) is 16.3. The predicted octanol–water partition coefficient (Wildman–Crippen LogP) is 4.48. The molecule has 0 unspecified atom stereocenters. The maximum Gasteiger partial charge on any atom is 0.270 e. The van der Waals surface area contributed by atoms with Crippen LogP contribution in [-0.2, 0) is 0 Å². The largest absolute Gasteiger partial charge is 0.369 e. The van der Waals surface area contributed by atoms with E-state index in [1.54, 1.807) is 19.0 Å². The molecule has 2 aliphatic rings. The highest BCUT2D eigenvalue weighted by molar-refractivity contribution is 5.97. The number of fused-ring (bicyclic) bond motifs is 1. The Labute approximate surface area is 204 Å². The van der Waals surface area contributed by atoms with Gasteiger partial charge in [0.15, 0.2) is 0 Å². The molecule has 0 radical (unpaired) electrons. The lowest BCUT2D eigenvalue weighted by atomic mass is 10.2. The van der Waals surface area contributed by atoms with Gasteiger partial charge in [-0.25, -0.2) is 9.97 Å². The fourth-order valence-corrected chi connectivity index (χ4v) is 4.55. The number of nitrogens with zero attached hydrogens (tertiary/aromatic N) is 5. The number of rotatable bonds is 5. The third-order valence-electron chi connectivity index (χ3n) is 6.33. The van der Waals surface area contributed by atoms with Crippen LogP contribution in [0.4, 0.5) is 0 Å². The van der Waals surface area contributed by atoms with E-state index in [2.05, 4.69) is 56.5 Å². The van der Waals surface area contributed by atoms with Gasteiger partial charge in [-0.05, 0) is 45.8 Å². The van der Waals surface area contributed by atoms with Crippen molar-refractivity contribution in [3.8, 4) is 0 Å². The van der Waals surface area contributed by atoms with Gasteiger partial charge in [-0.15, -0.1) is 0 Å². The highest BCUT2D eigenvalue weighted by Crippen LogP contribution is 2.34. The summed E-state index contributed by atoms with van der Waals surface area (Å²) in [6, 6.07) is 2.32. The van der Waals surface area contributed by atoms with Crippen LogP contribution in [0.25, 0.3) is 11.0 Å². The number of aromatic nitrogens is 3. The Balaban J connectivity index is 0.000000204. The Morgan fingerprint density at radius 1 is 1.21 bits per heavy atom. The Bertz CT molecular complexity index is 1050. The Kier molecular flexibility index (Phi) is 9.05. The van der Waals surface area contributed by atoms with E-state index in [0.717, 1.165) is 67.1 Å². The normalized spacial score (nSPS) is 17.2. The van der Waals surface area contributed by atoms with E-state index in [9.17, 15) is 4.79 Å². The maximum atomic E-state index is 12.4. The molecule has 0 bridgehead atoms. The molecule has 3 heterocycles. The minimum Gasteiger partial charge on any atom is -0.369 e. The first kappa shape index (κ1) is 25.7. The van der Waals surface area contributed by atoms with Crippen molar-refractivity contribution in [2.45, 2.75) is 52.5 Å². The van der Waals surface area contributed by atoms with E-state index < -0.39 is 0 Å². The number of allylic oxidation sites excluding steroid dienone is 4. The summed E-state index contributed by atoms with van der Waals surface area (Å²) in [6.07, 6.45) is 12.9. The summed E-state index contributed by atoms with van der Waals surface area (Å²) in [5.41, 5.74) is 4.03.